The Balaban J connectivity index is 1.78. The Hall–Kier alpha value is -3.16. The summed E-state index contributed by atoms with van der Waals surface area (Å²) in [5.41, 5.74) is 0.444. The van der Waals surface area contributed by atoms with E-state index in [1.54, 1.807) is 24.3 Å². The zero-order valence-electron chi connectivity index (χ0n) is 13.1. The fraction of sp³-hybridized carbons (Fsp3) is 0.118. The molecule has 8 heteroatoms. The summed E-state index contributed by atoms with van der Waals surface area (Å²) in [5, 5.41) is 6.45. The van der Waals surface area contributed by atoms with Gasteiger partial charge in [0.1, 0.15) is 12.7 Å². The summed E-state index contributed by atoms with van der Waals surface area (Å²) in [7, 11) is 0. The van der Waals surface area contributed by atoms with Crippen LogP contribution in [0.3, 0.4) is 0 Å². The molecule has 0 saturated carbocycles. The van der Waals surface area contributed by atoms with Crippen molar-refractivity contribution in [2.24, 2.45) is 0 Å². The highest BCUT2D eigenvalue weighted by molar-refractivity contribution is 6.04. The molecule has 0 saturated heterocycles. The van der Waals surface area contributed by atoms with Crippen molar-refractivity contribution in [3.8, 4) is 5.69 Å². The fourth-order valence-corrected chi connectivity index (χ4v) is 2.32. The molecular weight excluding hydrogens is 333 g/mol. The monoisotopic (exact) mass is 346 g/mol. The van der Waals surface area contributed by atoms with Crippen molar-refractivity contribution in [2.75, 3.05) is 5.32 Å². The van der Waals surface area contributed by atoms with Gasteiger partial charge < -0.3 is 5.32 Å². The second-order valence-electron chi connectivity index (χ2n) is 5.37. The predicted octanol–water partition coefficient (Wildman–Crippen LogP) is 3.85. The molecule has 0 bridgehead atoms. The SMILES string of the molecule is Cc1ccc(NC(=O)c2ccc(-n3cncn3)cc2)cc1C(F)(F)F. The zero-order chi connectivity index (χ0) is 18.0. The van der Waals surface area contributed by atoms with Gasteiger partial charge in [0.05, 0.1) is 11.3 Å². The maximum atomic E-state index is 12.9. The third-order valence-corrected chi connectivity index (χ3v) is 3.61. The van der Waals surface area contributed by atoms with E-state index in [4.69, 9.17) is 0 Å². The van der Waals surface area contributed by atoms with Crippen molar-refractivity contribution >= 4 is 11.6 Å². The van der Waals surface area contributed by atoms with Crippen molar-refractivity contribution in [1.29, 1.82) is 0 Å². The molecule has 0 spiro atoms. The highest BCUT2D eigenvalue weighted by Gasteiger charge is 2.32. The summed E-state index contributed by atoms with van der Waals surface area (Å²) in [5.74, 6) is -0.498. The molecule has 5 nitrogen and oxygen atoms in total. The van der Waals surface area contributed by atoms with Crippen molar-refractivity contribution in [3.63, 3.8) is 0 Å². The molecule has 1 aromatic heterocycles. The molecule has 0 aliphatic heterocycles. The topological polar surface area (TPSA) is 59.8 Å². The van der Waals surface area contributed by atoms with Crippen LogP contribution in [0, 0.1) is 6.92 Å². The van der Waals surface area contributed by atoms with Gasteiger partial charge in [-0.05, 0) is 48.9 Å². The van der Waals surface area contributed by atoms with Gasteiger partial charge in [-0.25, -0.2) is 9.67 Å². The van der Waals surface area contributed by atoms with Crippen LogP contribution in [0.25, 0.3) is 5.69 Å². The largest absolute Gasteiger partial charge is 0.416 e. The average molecular weight is 346 g/mol. The van der Waals surface area contributed by atoms with Crippen molar-refractivity contribution in [2.45, 2.75) is 13.1 Å². The van der Waals surface area contributed by atoms with Crippen molar-refractivity contribution in [3.05, 3.63) is 71.8 Å². The van der Waals surface area contributed by atoms with Gasteiger partial charge in [-0.1, -0.05) is 6.07 Å². The van der Waals surface area contributed by atoms with Gasteiger partial charge in [-0.2, -0.15) is 18.3 Å². The summed E-state index contributed by atoms with van der Waals surface area (Å²) in [4.78, 5) is 16.1. The number of benzene rings is 2. The lowest BCUT2D eigenvalue weighted by molar-refractivity contribution is -0.138. The van der Waals surface area contributed by atoms with E-state index in [2.05, 4.69) is 15.4 Å². The second-order valence-corrected chi connectivity index (χ2v) is 5.37. The highest BCUT2D eigenvalue weighted by atomic mass is 19.4. The normalized spacial score (nSPS) is 11.4. The van der Waals surface area contributed by atoms with Crippen LogP contribution in [0.1, 0.15) is 21.5 Å². The van der Waals surface area contributed by atoms with E-state index in [-0.39, 0.29) is 11.3 Å². The van der Waals surface area contributed by atoms with E-state index in [1.165, 1.54) is 36.4 Å². The molecule has 0 aliphatic rings. The number of aromatic nitrogens is 3. The minimum Gasteiger partial charge on any atom is -0.322 e. The van der Waals surface area contributed by atoms with Gasteiger partial charge >= 0.3 is 6.18 Å². The van der Waals surface area contributed by atoms with E-state index in [1.807, 2.05) is 0 Å². The first-order valence-corrected chi connectivity index (χ1v) is 7.29. The Morgan fingerprint density at radius 3 is 2.44 bits per heavy atom. The third-order valence-electron chi connectivity index (χ3n) is 3.61. The summed E-state index contributed by atoms with van der Waals surface area (Å²) in [6.07, 6.45) is -1.57. The van der Waals surface area contributed by atoms with Crippen LogP contribution in [-0.4, -0.2) is 20.7 Å². The van der Waals surface area contributed by atoms with Gasteiger partial charge in [-0.3, -0.25) is 4.79 Å². The standard InChI is InChI=1S/C17H13F3N4O/c1-11-2-5-13(8-15(11)17(18,19)20)23-16(25)12-3-6-14(7-4-12)24-10-21-9-22-24/h2-10H,1H3,(H,23,25). The number of hydrogen-bond donors (Lipinski definition) is 1. The number of anilines is 1. The summed E-state index contributed by atoms with van der Waals surface area (Å²) >= 11 is 0. The number of carbonyl (C=O) groups is 1. The van der Waals surface area contributed by atoms with Crippen LogP contribution in [-0.2, 0) is 6.18 Å². The van der Waals surface area contributed by atoms with Crippen molar-refractivity contribution in [1.82, 2.24) is 14.8 Å². The Morgan fingerprint density at radius 1 is 1.12 bits per heavy atom. The summed E-state index contributed by atoms with van der Waals surface area (Å²) in [6.45, 7) is 1.37. The molecule has 0 fully saturated rings. The maximum Gasteiger partial charge on any atom is 0.416 e. The number of aryl methyl sites for hydroxylation is 1. The number of alkyl halides is 3. The first kappa shape index (κ1) is 16.7. The van der Waals surface area contributed by atoms with Crippen molar-refractivity contribution < 1.29 is 18.0 Å². The molecule has 1 N–H and O–H groups in total. The molecule has 0 unspecified atom stereocenters. The minimum absolute atomic E-state index is 0.0864. The Morgan fingerprint density at radius 2 is 1.84 bits per heavy atom. The number of carbonyl (C=O) groups excluding carboxylic acids is 1. The minimum atomic E-state index is -4.47. The first-order chi connectivity index (χ1) is 11.8. The fourth-order valence-electron chi connectivity index (χ4n) is 2.32. The molecule has 0 radical (unpaired) electrons. The van der Waals surface area contributed by atoms with Gasteiger partial charge in [0.2, 0.25) is 0 Å². The molecular formula is C17H13F3N4O. The van der Waals surface area contributed by atoms with Crippen LogP contribution in [0.2, 0.25) is 0 Å². The Labute approximate surface area is 141 Å². The highest BCUT2D eigenvalue weighted by Crippen LogP contribution is 2.33. The molecule has 25 heavy (non-hydrogen) atoms. The number of nitrogens with zero attached hydrogens (tertiary/aromatic N) is 3. The molecule has 0 aliphatic carbocycles. The number of rotatable bonds is 3. The molecule has 3 aromatic rings. The molecule has 1 heterocycles. The van der Waals surface area contributed by atoms with E-state index >= 15 is 0 Å². The summed E-state index contributed by atoms with van der Waals surface area (Å²) < 4.78 is 40.4. The zero-order valence-corrected chi connectivity index (χ0v) is 13.1. The average Bonchev–Trinajstić information content (AvgIpc) is 3.10. The van der Waals surface area contributed by atoms with E-state index in [0.717, 1.165) is 6.07 Å². The summed E-state index contributed by atoms with van der Waals surface area (Å²) in [6, 6.07) is 10.1. The Bertz CT molecular complexity index is 887. The number of amides is 1. The maximum absolute atomic E-state index is 12.9. The molecule has 1 amide bonds. The molecule has 2 aromatic carbocycles. The predicted molar refractivity (Wildman–Crippen MR) is 85.5 cm³/mol. The van der Waals surface area contributed by atoms with E-state index in [0.29, 0.717) is 11.3 Å². The van der Waals surface area contributed by atoms with Crippen LogP contribution in [0.15, 0.2) is 55.1 Å². The van der Waals surface area contributed by atoms with Gasteiger partial charge in [0.15, 0.2) is 0 Å². The van der Waals surface area contributed by atoms with E-state index in [9.17, 15) is 18.0 Å². The van der Waals surface area contributed by atoms with E-state index < -0.39 is 17.6 Å². The molecule has 3 rings (SSSR count). The molecule has 0 atom stereocenters. The molecule has 128 valence electrons. The van der Waals surface area contributed by atoms with Gasteiger partial charge in [-0.15, -0.1) is 0 Å². The lowest BCUT2D eigenvalue weighted by atomic mass is 10.1. The van der Waals surface area contributed by atoms with Gasteiger partial charge in [0.25, 0.3) is 5.91 Å². The number of hydrogen-bond acceptors (Lipinski definition) is 3. The number of halogens is 3. The van der Waals surface area contributed by atoms with Crippen LogP contribution in [0.4, 0.5) is 18.9 Å². The second kappa shape index (κ2) is 6.39. The Kier molecular flexibility index (Phi) is 4.26. The van der Waals surface area contributed by atoms with Crippen LogP contribution < -0.4 is 5.32 Å². The quantitative estimate of drug-likeness (QED) is 0.784. The number of nitrogens with one attached hydrogen (secondary N) is 1. The smallest absolute Gasteiger partial charge is 0.322 e. The van der Waals surface area contributed by atoms with Crippen LogP contribution >= 0.6 is 0 Å². The van der Waals surface area contributed by atoms with Gasteiger partial charge in [0, 0.05) is 11.3 Å². The lowest BCUT2D eigenvalue weighted by Gasteiger charge is -2.13. The lowest BCUT2D eigenvalue weighted by Crippen LogP contribution is -2.14. The van der Waals surface area contributed by atoms with Crippen LogP contribution in [0.5, 0.6) is 0 Å². The third kappa shape index (κ3) is 3.68. The first-order valence-electron chi connectivity index (χ1n) is 7.29.